The van der Waals surface area contributed by atoms with Crippen molar-refractivity contribution in [2.24, 2.45) is 0 Å². The summed E-state index contributed by atoms with van der Waals surface area (Å²) < 4.78 is 27.1. The molecule has 0 atom stereocenters. The summed E-state index contributed by atoms with van der Waals surface area (Å²) in [6, 6.07) is 14.3. The number of aryl methyl sites for hydroxylation is 1. The SMILES string of the molecule is CC(C)(C)c1ccc(CCC(=O)c2ccc(S(=O)(=O)Nc3nccs3)cc2)cc1. The number of hydrogen-bond acceptors (Lipinski definition) is 5. The van der Waals surface area contributed by atoms with Crippen molar-refractivity contribution in [3.05, 3.63) is 76.8 Å². The third-order valence-electron chi connectivity index (χ3n) is 4.60. The second kappa shape index (κ2) is 8.47. The Balaban J connectivity index is 1.62. The van der Waals surface area contributed by atoms with Crippen molar-refractivity contribution in [3.63, 3.8) is 0 Å². The van der Waals surface area contributed by atoms with Crippen molar-refractivity contribution < 1.29 is 13.2 Å². The number of aromatic nitrogens is 1. The van der Waals surface area contributed by atoms with Crippen molar-refractivity contribution in [1.82, 2.24) is 4.98 Å². The van der Waals surface area contributed by atoms with Gasteiger partial charge in [0.25, 0.3) is 10.0 Å². The second-order valence-corrected chi connectivity index (χ2v) is 10.4. The fraction of sp³-hybridized carbons (Fsp3) is 0.273. The number of Topliss-reactive ketones (excluding diaryl/α,β-unsaturated/α-hetero) is 1. The molecule has 0 saturated heterocycles. The minimum absolute atomic E-state index is 0.0123. The zero-order chi connectivity index (χ0) is 21.1. The van der Waals surface area contributed by atoms with Gasteiger partial charge in [0, 0.05) is 23.6 Å². The summed E-state index contributed by atoms with van der Waals surface area (Å²) in [7, 11) is -3.71. The standard InChI is InChI=1S/C22H24N2O3S2/c1-22(2,3)18-9-4-16(5-10-18)6-13-20(25)17-7-11-19(12-8-17)29(26,27)24-21-23-14-15-28-21/h4-5,7-12,14-15H,6,13H2,1-3H3,(H,23,24). The van der Waals surface area contributed by atoms with Gasteiger partial charge in [-0.25, -0.2) is 13.4 Å². The fourth-order valence-corrected chi connectivity index (χ4v) is 4.63. The largest absolute Gasteiger partial charge is 0.294 e. The van der Waals surface area contributed by atoms with Crippen LogP contribution in [0, 0.1) is 0 Å². The average molecular weight is 429 g/mol. The van der Waals surface area contributed by atoms with E-state index in [0.717, 1.165) is 5.56 Å². The van der Waals surface area contributed by atoms with Gasteiger partial charge in [-0.3, -0.25) is 9.52 Å². The van der Waals surface area contributed by atoms with Gasteiger partial charge in [0.15, 0.2) is 10.9 Å². The minimum Gasteiger partial charge on any atom is -0.294 e. The molecule has 5 nitrogen and oxygen atoms in total. The van der Waals surface area contributed by atoms with Crippen LogP contribution in [0.4, 0.5) is 5.13 Å². The lowest BCUT2D eigenvalue weighted by atomic mass is 9.86. The normalized spacial score (nSPS) is 12.0. The summed E-state index contributed by atoms with van der Waals surface area (Å²) in [6.45, 7) is 6.51. The van der Waals surface area contributed by atoms with E-state index in [9.17, 15) is 13.2 Å². The predicted octanol–water partition coefficient (Wildman–Crippen LogP) is 5.06. The molecule has 0 fully saturated rings. The molecular formula is C22H24N2O3S2. The highest BCUT2D eigenvalue weighted by Gasteiger charge is 2.17. The summed E-state index contributed by atoms with van der Waals surface area (Å²) in [5, 5.41) is 2.00. The summed E-state index contributed by atoms with van der Waals surface area (Å²) >= 11 is 1.20. The molecule has 7 heteroatoms. The van der Waals surface area contributed by atoms with E-state index in [1.54, 1.807) is 17.5 Å². The van der Waals surface area contributed by atoms with Crippen LogP contribution in [-0.4, -0.2) is 19.2 Å². The van der Waals surface area contributed by atoms with Crippen molar-refractivity contribution in [2.45, 2.75) is 43.9 Å². The maximum Gasteiger partial charge on any atom is 0.263 e. The number of rotatable bonds is 7. The number of nitrogens with one attached hydrogen (secondary N) is 1. The first-order valence-electron chi connectivity index (χ1n) is 9.30. The second-order valence-electron chi connectivity index (χ2n) is 7.84. The van der Waals surface area contributed by atoms with E-state index in [4.69, 9.17) is 0 Å². The Bertz CT molecular complexity index is 1060. The number of hydrogen-bond donors (Lipinski definition) is 1. The Labute approximate surface area is 175 Å². The van der Waals surface area contributed by atoms with Crippen LogP contribution in [0.5, 0.6) is 0 Å². The molecule has 1 heterocycles. The fourth-order valence-electron chi connectivity index (χ4n) is 2.84. The van der Waals surface area contributed by atoms with Crippen molar-refractivity contribution >= 4 is 32.3 Å². The summed E-state index contributed by atoms with van der Waals surface area (Å²) in [4.78, 5) is 16.5. The molecule has 0 saturated carbocycles. The highest BCUT2D eigenvalue weighted by molar-refractivity contribution is 7.93. The van der Waals surface area contributed by atoms with E-state index in [2.05, 4.69) is 54.7 Å². The number of ketones is 1. The zero-order valence-corrected chi connectivity index (χ0v) is 18.3. The number of sulfonamides is 1. The first-order valence-corrected chi connectivity index (χ1v) is 11.7. The molecular weight excluding hydrogens is 404 g/mol. The van der Waals surface area contributed by atoms with Crippen LogP contribution in [0.1, 0.15) is 48.7 Å². The monoisotopic (exact) mass is 428 g/mol. The maximum absolute atomic E-state index is 12.5. The molecule has 3 rings (SSSR count). The molecule has 0 aliphatic carbocycles. The molecule has 0 spiro atoms. The quantitative estimate of drug-likeness (QED) is 0.534. The predicted molar refractivity (Wildman–Crippen MR) is 117 cm³/mol. The highest BCUT2D eigenvalue weighted by Crippen LogP contribution is 2.23. The van der Waals surface area contributed by atoms with Gasteiger partial charge in [-0.1, -0.05) is 57.2 Å². The lowest BCUT2D eigenvalue weighted by Crippen LogP contribution is -2.13. The minimum atomic E-state index is -3.71. The van der Waals surface area contributed by atoms with Gasteiger partial charge in [0.2, 0.25) is 0 Å². The molecule has 2 aromatic carbocycles. The molecule has 0 unspecified atom stereocenters. The third kappa shape index (κ3) is 5.52. The lowest BCUT2D eigenvalue weighted by Gasteiger charge is -2.19. The van der Waals surface area contributed by atoms with Crippen LogP contribution in [0.15, 0.2) is 65.0 Å². The van der Waals surface area contributed by atoms with E-state index < -0.39 is 10.0 Å². The van der Waals surface area contributed by atoms with Crippen LogP contribution >= 0.6 is 11.3 Å². The Morgan fingerprint density at radius 1 is 1.03 bits per heavy atom. The van der Waals surface area contributed by atoms with E-state index in [1.165, 1.54) is 35.2 Å². The molecule has 1 aromatic heterocycles. The van der Waals surface area contributed by atoms with E-state index in [1.807, 2.05) is 0 Å². The van der Waals surface area contributed by atoms with Gasteiger partial charge in [0.1, 0.15) is 0 Å². The van der Waals surface area contributed by atoms with Gasteiger partial charge >= 0.3 is 0 Å². The molecule has 0 bridgehead atoms. The van der Waals surface area contributed by atoms with Gasteiger partial charge in [0.05, 0.1) is 4.90 Å². The third-order valence-corrected chi connectivity index (χ3v) is 6.77. The number of nitrogens with zero attached hydrogens (tertiary/aromatic N) is 1. The number of carbonyl (C=O) groups excluding carboxylic acids is 1. The summed E-state index contributed by atoms with van der Waals surface area (Å²) in [6.07, 6.45) is 2.55. The Hall–Kier alpha value is -2.51. The number of anilines is 1. The Kier molecular flexibility index (Phi) is 6.19. The molecule has 29 heavy (non-hydrogen) atoms. The average Bonchev–Trinajstić information content (AvgIpc) is 3.18. The van der Waals surface area contributed by atoms with E-state index >= 15 is 0 Å². The van der Waals surface area contributed by atoms with E-state index in [-0.39, 0.29) is 16.1 Å². The smallest absolute Gasteiger partial charge is 0.263 e. The molecule has 0 radical (unpaired) electrons. The van der Waals surface area contributed by atoms with Crippen molar-refractivity contribution in [2.75, 3.05) is 4.72 Å². The number of thiazole rings is 1. The lowest BCUT2D eigenvalue weighted by molar-refractivity contribution is 0.0982. The van der Waals surface area contributed by atoms with Gasteiger partial charge < -0.3 is 0 Å². The first-order chi connectivity index (χ1) is 13.6. The van der Waals surface area contributed by atoms with Crippen LogP contribution in [-0.2, 0) is 21.9 Å². The molecule has 0 aliphatic heterocycles. The van der Waals surface area contributed by atoms with Crippen LogP contribution in [0.25, 0.3) is 0 Å². The topological polar surface area (TPSA) is 76.1 Å². The molecule has 3 aromatic rings. The highest BCUT2D eigenvalue weighted by atomic mass is 32.2. The summed E-state index contributed by atoms with van der Waals surface area (Å²) in [5.41, 5.74) is 2.98. The molecule has 152 valence electrons. The van der Waals surface area contributed by atoms with Crippen molar-refractivity contribution in [1.29, 1.82) is 0 Å². The van der Waals surface area contributed by atoms with E-state index in [0.29, 0.717) is 23.5 Å². The number of benzene rings is 2. The Morgan fingerprint density at radius 3 is 2.24 bits per heavy atom. The zero-order valence-electron chi connectivity index (χ0n) is 16.7. The van der Waals surface area contributed by atoms with Crippen LogP contribution < -0.4 is 4.72 Å². The van der Waals surface area contributed by atoms with Gasteiger partial charge in [-0.2, -0.15) is 0 Å². The maximum atomic E-state index is 12.5. The molecule has 0 amide bonds. The molecule has 0 aliphatic rings. The Morgan fingerprint density at radius 2 is 1.69 bits per heavy atom. The van der Waals surface area contributed by atoms with Crippen LogP contribution in [0.3, 0.4) is 0 Å². The van der Waals surface area contributed by atoms with Crippen LogP contribution in [0.2, 0.25) is 0 Å². The van der Waals surface area contributed by atoms with Crippen molar-refractivity contribution in [3.8, 4) is 0 Å². The summed E-state index contributed by atoms with van der Waals surface area (Å²) in [5.74, 6) is -0.0123. The first kappa shape index (κ1) is 21.2. The van der Waals surface area contributed by atoms with Gasteiger partial charge in [-0.05, 0) is 35.1 Å². The number of carbonyl (C=O) groups is 1. The molecule has 1 N–H and O–H groups in total. The van der Waals surface area contributed by atoms with Gasteiger partial charge in [-0.15, -0.1) is 11.3 Å².